The molecule has 0 bridgehead atoms. The van der Waals surface area contributed by atoms with E-state index in [1.54, 1.807) is 23.6 Å². The number of anilines is 1. The number of aromatic nitrogens is 2. The molecule has 5 rings (SSSR count). The molecule has 10 heteroatoms. The highest BCUT2D eigenvalue weighted by Crippen LogP contribution is 2.30. The van der Waals surface area contributed by atoms with Crippen molar-refractivity contribution in [2.45, 2.75) is 57.7 Å². The summed E-state index contributed by atoms with van der Waals surface area (Å²) < 4.78 is 8.55. The van der Waals surface area contributed by atoms with Crippen LogP contribution in [0.15, 0.2) is 47.3 Å². The zero-order chi connectivity index (χ0) is 28.1. The SMILES string of the molecule is CN(C(=O)OC(C)(C)C)[C@@H]1CCN(c2ccc(-c3ccc4c(c3)n(C)c(=O)n4C3CCC(=O)NC3=O)cc2)C1. The summed E-state index contributed by atoms with van der Waals surface area (Å²) in [7, 11) is 3.49. The maximum atomic E-state index is 13.1. The first kappa shape index (κ1) is 26.5. The lowest BCUT2D eigenvalue weighted by molar-refractivity contribution is -0.135. The van der Waals surface area contributed by atoms with E-state index in [-0.39, 0.29) is 30.2 Å². The van der Waals surface area contributed by atoms with Crippen LogP contribution in [0.3, 0.4) is 0 Å². The van der Waals surface area contributed by atoms with Crippen LogP contribution < -0.4 is 15.9 Å². The maximum Gasteiger partial charge on any atom is 0.410 e. The molecule has 39 heavy (non-hydrogen) atoms. The largest absolute Gasteiger partial charge is 0.444 e. The highest BCUT2D eigenvalue weighted by Gasteiger charge is 2.32. The molecule has 3 aromatic rings. The number of benzene rings is 2. The number of rotatable bonds is 4. The summed E-state index contributed by atoms with van der Waals surface area (Å²) in [5.41, 5.74) is 3.61. The number of likely N-dealkylation sites (N-methyl/N-ethyl adjacent to an activating group) is 1. The first-order valence-electron chi connectivity index (χ1n) is 13.3. The van der Waals surface area contributed by atoms with Crippen molar-refractivity contribution in [3.05, 3.63) is 52.9 Å². The number of aryl methyl sites for hydroxylation is 1. The number of nitrogens with one attached hydrogen (secondary N) is 1. The van der Waals surface area contributed by atoms with Crippen LogP contribution in [0.2, 0.25) is 0 Å². The van der Waals surface area contributed by atoms with E-state index < -0.39 is 17.6 Å². The first-order valence-corrected chi connectivity index (χ1v) is 13.3. The van der Waals surface area contributed by atoms with Crippen LogP contribution >= 0.6 is 0 Å². The normalized spacial score (nSPS) is 19.9. The van der Waals surface area contributed by atoms with Crippen molar-refractivity contribution in [1.29, 1.82) is 0 Å². The van der Waals surface area contributed by atoms with Gasteiger partial charge in [0, 0.05) is 39.3 Å². The Morgan fingerprint density at radius 3 is 2.36 bits per heavy atom. The van der Waals surface area contributed by atoms with Crippen molar-refractivity contribution in [3.63, 3.8) is 0 Å². The molecule has 3 amide bonds. The van der Waals surface area contributed by atoms with E-state index in [0.29, 0.717) is 11.9 Å². The fraction of sp³-hybridized carbons (Fsp3) is 0.448. The number of imidazole rings is 1. The lowest BCUT2D eigenvalue weighted by atomic mass is 10.0. The third-order valence-corrected chi connectivity index (χ3v) is 7.57. The van der Waals surface area contributed by atoms with E-state index in [9.17, 15) is 19.2 Å². The van der Waals surface area contributed by atoms with Gasteiger partial charge in [-0.25, -0.2) is 9.59 Å². The van der Waals surface area contributed by atoms with Crippen molar-refractivity contribution in [2.24, 2.45) is 7.05 Å². The number of imide groups is 1. The van der Waals surface area contributed by atoms with Gasteiger partial charge in [-0.3, -0.25) is 24.0 Å². The fourth-order valence-corrected chi connectivity index (χ4v) is 5.41. The summed E-state index contributed by atoms with van der Waals surface area (Å²) >= 11 is 0. The number of amides is 3. The van der Waals surface area contributed by atoms with Gasteiger partial charge in [0.15, 0.2) is 0 Å². The molecular formula is C29H35N5O5. The molecule has 1 aromatic heterocycles. The Morgan fingerprint density at radius 2 is 1.69 bits per heavy atom. The van der Waals surface area contributed by atoms with Crippen molar-refractivity contribution >= 4 is 34.6 Å². The lowest BCUT2D eigenvalue weighted by Gasteiger charge is -2.28. The van der Waals surface area contributed by atoms with Crippen molar-refractivity contribution < 1.29 is 19.1 Å². The van der Waals surface area contributed by atoms with Crippen LogP contribution in [-0.2, 0) is 21.4 Å². The smallest absolute Gasteiger partial charge is 0.410 e. The van der Waals surface area contributed by atoms with Gasteiger partial charge < -0.3 is 14.5 Å². The van der Waals surface area contributed by atoms with Gasteiger partial charge in [0.2, 0.25) is 11.8 Å². The number of carbonyl (C=O) groups excluding carboxylic acids is 3. The van der Waals surface area contributed by atoms with Crippen molar-refractivity contribution in [3.8, 4) is 11.1 Å². The van der Waals surface area contributed by atoms with Crippen LogP contribution in [0, 0.1) is 0 Å². The number of carbonyl (C=O) groups is 3. The minimum absolute atomic E-state index is 0.0802. The number of nitrogens with zero attached hydrogens (tertiary/aromatic N) is 4. The average Bonchev–Trinajstić information content (AvgIpc) is 3.47. The zero-order valence-electron chi connectivity index (χ0n) is 23.1. The molecule has 0 aliphatic carbocycles. The lowest BCUT2D eigenvalue weighted by Crippen LogP contribution is -2.44. The van der Waals surface area contributed by atoms with Gasteiger partial charge in [-0.1, -0.05) is 18.2 Å². The quantitative estimate of drug-likeness (QED) is 0.515. The van der Waals surface area contributed by atoms with E-state index in [2.05, 4.69) is 34.5 Å². The molecule has 2 fully saturated rings. The zero-order valence-corrected chi connectivity index (χ0v) is 23.1. The second kappa shape index (κ2) is 9.91. The van der Waals surface area contributed by atoms with Gasteiger partial charge in [0.05, 0.1) is 17.1 Å². The van der Waals surface area contributed by atoms with Crippen LogP contribution in [0.25, 0.3) is 22.2 Å². The summed E-state index contributed by atoms with van der Waals surface area (Å²) in [6.45, 7) is 7.18. The highest BCUT2D eigenvalue weighted by atomic mass is 16.6. The first-order chi connectivity index (χ1) is 18.4. The molecule has 0 saturated carbocycles. The standard InChI is InChI=1S/C29H35N5O5/c1-29(2,3)39-28(38)31(4)21-14-15-33(17-21)20-9-6-18(7-10-20)19-8-11-22-24(16-19)32(5)27(37)34(22)23-12-13-25(35)30-26(23)36/h6-11,16,21,23H,12-15,17H2,1-5H3,(H,30,35,36)/t21-,23?/m1/s1. The number of ether oxygens (including phenoxy) is 1. The molecule has 1 N–H and O–H groups in total. The molecule has 3 heterocycles. The van der Waals surface area contributed by atoms with Gasteiger partial charge >= 0.3 is 11.8 Å². The topological polar surface area (TPSA) is 106 Å². The summed E-state index contributed by atoms with van der Waals surface area (Å²) in [5.74, 6) is -0.753. The third-order valence-electron chi connectivity index (χ3n) is 7.57. The van der Waals surface area contributed by atoms with Crippen molar-refractivity contribution in [1.82, 2.24) is 19.4 Å². The molecule has 2 aliphatic rings. The van der Waals surface area contributed by atoms with Crippen LogP contribution in [0.1, 0.15) is 46.1 Å². The molecule has 206 valence electrons. The van der Waals surface area contributed by atoms with E-state index >= 15 is 0 Å². The molecule has 0 spiro atoms. The summed E-state index contributed by atoms with van der Waals surface area (Å²) in [5, 5.41) is 2.34. The van der Waals surface area contributed by atoms with Gasteiger partial charge in [-0.2, -0.15) is 0 Å². The number of hydrogen-bond acceptors (Lipinski definition) is 6. The molecule has 2 saturated heterocycles. The monoisotopic (exact) mass is 533 g/mol. The number of piperidine rings is 1. The Kier molecular flexibility index (Phi) is 6.74. The van der Waals surface area contributed by atoms with Crippen LogP contribution in [-0.4, -0.2) is 63.7 Å². The maximum absolute atomic E-state index is 13.1. The van der Waals surface area contributed by atoms with Gasteiger partial charge in [0.1, 0.15) is 11.6 Å². The summed E-state index contributed by atoms with van der Waals surface area (Å²) in [6, 6.07) is 13.4. The fourth-order valence-electron chi connectivity index (χ4n) is 5.41. The minimum atomic E-state index is -0.706. The molecular weight excluding hydrogens is 498 g/mol. The van der Waals surface area contributed by atoms with Crippen molar-refractivity contribution in [2.75, 3.05) is 25.0 Å². The predicted octanol–water partition coefficient (Wildman–Crippen LogP) is 3.43. The highest BCUT2D eigenvalue weighted by molar-refractivity contribution is 6.00. The van der Waals surface area contributed by atoms with E-state index in [1.165, 1.54) is 4.57 Å². The molecule has 2 aliphatic heterocycles. The van der Waals surface area contributed by atoms with E-state index in [4.69, 9.17) is 4.74 Å². The van der Waals surface area contributed by atoms with Crippen LogP contribution in [0.5, 0.6) is 0 Å². The Labute approximate surface area is 227 Å². The summed E-state index contributed by atoms with van der Waals surface area (Å²) in [4.78, 5) is 53.5. The average molecular weight is 534 g/mol. The Balaban J connectivity index is 1.33. The Morgan fingerprint density at radius 1 is 1.00 bits per heavy atom. The van der Waals surface area contributed by atoms with E-state index in [1.807, 2.05) is 39.0 Å². The Bertz CT molecular complexity index is 1500. The summed E-state index contributed by atoms with van der Waals surface area (Å²) in [6.07, 6.45) is 1.07. The number of hydrogen-bond donors (Lipinski definition) is 1. The molecule has 2 atom stereocenters. The van der Waals surface area contributed by atoms with Gasteiger partial charge in [-0.05, 0) is 69.0 Å². The molecule has 2 aromatic carbocycles. The second-order valence-electron chi connectivity index (χ2n) is 11.4. The molecule has 0 radical (unpaired) electrons. The Hall–Kier alpha value is -4.08. The predicted molar refractivity (Wildman–Crippen MR) is 149 cm³/mol. The third kappa shape index (κ3) is 5.15. The van der Waals surface area contributed by atoms with Gasteiger partial charge in [0.25, 0.3) is 0 Å². The van der Waals surface area contributed by atoms with Crippen LogP contribution in [0.4, 0.5) is 10.5 Å². The van der Waals surface area contributed by atoms with Gasteiger partial charge in [-0.15, -0.1) is 0 Å². The molecule has 1 unspecified atom stereocenters. The molecule has 10 nitrogen and oxygen atoms in total. The second-order valence-corrected chi connectivity index (χ2v) is 11.4. The minimum Gasteiger partial charge on any atom is -0.444 e. The van der Waals surface area contributed by atoms with E-state index in [0.717, 1.165) is 41.8 Å². The number of fused-ring (bicyclic) bond motifs is 1.